The lowest BCUT2D eigenvalue weighted by Crippen LogP contribution is -2.19. The van der Waals surface area contributed by atoms with Crippen LogP contribution in [0.25, 0.3) is 0 Å². The van der Waals surface area contributed by atoms with Gasteiger partial charge in [0.25, 0.3) is 0 Å². The van der Waals surface area contributed by atoms with Crippen molar-refractivity contribution >= 4 is 17.5 Å². The van der Waals surface area contributed by atoms with Gasteiger partial charge in [0.05, 0.1) is 5.69 Å². The average molecular weight is 308 g/mol. The molecule has 21 heavy (non-hydrogen) atoms. The van der Waals surface area contributed by atoms with Gasteiger partial charge in [-0.3, -0.25) is 4.79 Å². The van der Waals surface area contributed by atoms with E-state index in [2.05, 4.69) is 10.5 Å². The lowest BCUT2D eigenvalue weighted by Gasteiger charge is -2.14. The van der Waals surface area contributed by atoms with Gasteiger partial charge in [0.1, 0.15) is 5.76 Å². The topological polar surface area (TPSA) is 81.2 Å². The van der Waals surface area contributed by atoms with Crippen LogP contribution in [-0.4, -0.2) is 11.1 Å². The summed E-state index contributed by atoms with van der Waals surface area (Å²) in [6.45, 7) is 6.42. The van der Waals surface area contributed by atoms with Crippen molar-refractivity contribution in [3.8, 4) is 0 Å². The van der Waals surface area contributed by atoms with E-state index in [1.807, 2.05) is 20.8 Å². The number of carbonyl (C=O) groups excluding carboxylic acids is 1. The Balaban J connectivity index is 2.08. The van der Waals surface area contributed by atoms with Crippen molar-refractivity contribution < 1.29 is 9.32 Å². The van der Waals surface area contributed by atoms with Gasteiger partial charge in [-0.05, 0) is 38.5 Å². The molecule has 0 radical (unpaired) electrons. The molecule has 0 spiro atoms. The molecule has 3 N–H and O–H groups in total. The maximum Gasteiger partial charge on any atom is 0.248 e. The highest BCUT2D eigenvalue weighted by Crippen LogP contribution is 2.23. The summed E-state index contributed by atoms with van der Waals surface area (Å²) in [5.41, 5.74) is 8.46. The fourth-order valence-electron chi connectivity index (χ4n) is 2.32. The average Bonchev–Trinajstić information content (AvgIpc) is 2.76. The first-order valence-electron chi connectivity index (χ1n) is 6.64. The van der Waals surface area contributed by atoms with Crippen LogP contribution in [0.4, 0.5) is 0 Å². The van der Waals surface area contributed by atoms with E-state index >= 15 is 0 Å². The monoisotopic (exact) mass is 307 g/mol. The van der Waals surface area contributed by atoms with Crippen molar-refractivity contribution in [2.45, 2.75) is 33.4 Å². The SMILES string of the molecule is Cc1noc(C)c1C(C)NCc1ccc(C(N)=O)cc1Cl. The van der Waals surface area contributed by atoms with Crippen LogP contribution < -0.4 is 11.1 Å². The molecule has 1 heterocycles. The summed E-state index contributed by atoms with van der Waals surface area (Å²) in [4.78, 5) is 11.1. The number of nitrogens with zero attached hydrogens (tertiary/aromatic N) is 1. The highest BCUT2D eigenvalue weighted by Gasteiger charge is 2.16. The largest absolute Gasteiger partial charge is 0.366 e. The summed E-state index contributed by atoms with van der Waals surface area (Å²) in [5.74, 6) is 0.322. The second kappa shape index (κ2) is 6.28. The molecular weight excluding hydrogens is 290 g/mol. The number of nitrogens with two attached hydrogens (primary N) is 1. The molecule has 0 bridgehead atoms. The Bertz CT molecular complexity index is 647. The summed E-state index contributed by atoms with van der Waals surface area (Å²) in [5, 5.41) is 7.84. The van der Waals surface area contributed by atoms with Gasteiger partial charge in [-0.15, -0.1) is 0 Å². The number of primary amides is 1. The number of benzene rings is 1. The first-order chi connectivity index (χ1) is 9.90. The Morgan fingerprint density at radius 3 is 2.71 bits per heavy atom. The Hall–Kier alpha value is -1.85. The maximum absolute atomic E-state index is 11.1. The molecule has 6 heteroatoms. The number of hydrogen-bond acceptors (Lipinski definition) is 4. The zero-order chi connectivity index (χ0) is 15.6. The Morgan fingerprint density at radius 1 is 1.48 bits per heavy atom. The van der Waals surface area contributed by atoms with E-state index in [0.29, 0.717) is 17.1 Å². The third-order valence-electron chi connectivity index (χ3n) is 3.46. The van der Waals surface area contributed by atoms with Gasteiger partial charge in [0.15, 0.2) is 0 Å². The van der Waals surface area contributed by atoms with Crippen molar-refractivity contribution in [2.24, 2.45) is 5.73 Å². The molecule has 1 atom stereocenters. The number of aryl methyl sites for hydroxylation is 2. The molecule has 1 aromatic heterocycles. The minimum absolute atomic E-state index is 0.0862. The lowest BCUT2D eigenvalue weighted by atomic mass is 10.1. The van der Waals surface area contributed by atoms with Gasteiger partial charge >= 0.3 is 0 Å². The smallest absolute Gasteiger partial charge is 0.248 e. The van der Waals surface area contributed by atoms with Crippen LogP contribution in [0.2, 0.25) is 5.02 Å². The maximum atomic E-state index is 11.1. The highest BCUT2D eigenvalue weighted by molar-refractivity contribution is 6.31. The molecule has 1 amide bonds. The predicted molar refractivity (Wildman–Crippen MR) is 81.2 cm³/mol. The number of halogens is 1. The summed E-state index contributed by atoms with van der Waals surface area (Å²) in [6.07, 6.45) is 0. The normalized spacial score (nSPS) is 12.4. The second-order valence-corrected chi connectivity index (χ2v) is 5.42. The Kier molecular flexibility index (Phi) is 4.65. The van der Waals surface area contributed by atoms with E-state index in [9.17, 15) is 4.79 Å². The van der Waals surface area contributed by atoms with Gasteiger partial charge in [-0.1, -0.05) is 22.8 Å². The van der Waals surface area contributed by atoms with Crippen LogP contribution in [0.15, 0.2) is 22.7 Å². The van der Waals surface area contributed by atoms with E-state index in [1.54, 1.807) is 18.2 Å². The molecule has 0 aliphatic carbocycles. The van der Waals surface area contributed by atoms with Crippen molar-refractivity contribution in [2.75, 3.05) is 0 Å². The molecule has 0 saturated carbocycles. The van der Waals surface area contributed by atoms with Crippen LogP contribution in [0, 0.1) is 13.8 Å². The van der Waals surface area contributed by atoms with E-state index in [1.165, 1.54) is 0 Å². The number of amides is 1. The number of nitrogens with one attached hydrogen (secondary N) is 1. The number of carbonyl (C=O) groups is 1. The molecule has 5 nitrogen and oxygen atoms in total. The van der Waals surface area contributed by atoms with Crippen LogP contribution in [-0.2, 0) is 6.54 Å². The number of rotatable bonds is 5. The first-order valence-corrected chi connectivity index (χ1v) is 7.02. The highest BCUT2D eigenvalue weighted by atomic mass is 35.5. The van der Waals surface area contributed by atoms with Gasteiger partial charge in [-0.2, -0.15) is 0 Å². The molecule has 0 aliphatic heterocycles. The molecule has 1 aromatic carbocycles. The first kappa shape index (κ1) is 15.5. The quantitative estimate of drug-likeness (QED) is 0.890. The standard InChI is InChI=1S/C15H18ClN3O2/c1-8(14-9(2)19-21-10(14)3)18-7-12-5-4-11(15(17)20)6-13(12)16/h4-6,8,18H,7H2,1-3H3,(H2,17,20). The fourth-order valence-corrected chi connectivity index (χ4v) is 2.56. The van der Waals surface area contributed by atoms with Crippen molar-refractivity contribution in [3.63, 3.8) is 0 Å². The fraction of sp³-hybridized carbons (Fsp3) is 0.333. The third kappa shape index (κ3) is 3.43. The minimum atomic E-state index is -0.486. The molecule has 112 valence electrons. The molecule has 0 fully saturated rings. The molecule has 1 unspecified atom stereocenters. The van der Waals surface area contributed by atoms with E-state index in [4.69, 9.17) is 21.9 Å². The number of hydrogen-bond donors (Lipinski definition) is 2. The summed E-state index contributed by atoms with van der Waals surface area (Å²) >= 11 is 6.17. The van der Waals surface area contributed by atoms with Gasteiger partial charge in [0, 0.05) is 28.7 Å². The van der Waals surface area contributed by atoms with Crippen molar-refractivity contribution in [1.82, 2.24) is 10.5 Å². The van der Waals surface area contributed by atoms with Gasteiger partial charge in [0.2, 0.25) is 5.91 Å². The lowest BCUT2D eigenvalue weighted by molar-refractivity contribution is 0.100. The van der Waals surface area contributed by atoms with Gasteiger partial charge in [-0.25, -0.2) is 0 Å². The van der Waals surface area contributed by atoms with E-state index in [-0.39, 0.29) is 6.04 Å². The van der Waals surface area contributed by atoms with Crippen LogP contribution in [0.5, 0.6) is 0 Å². The Labute approximate surface area is 128 Å². The van der Waals surface area contributed by atoms with Gasteiger partial charge < -0.3 is 15.6 Å². The number of aromatic nitrogens is 1. The predicted octanol–water partition coefficient (Wildman–Crippen LogP) is 2.89. The molecule has 2 rings (SSSR count). The summed E-state index contributed by atoms with van der Waals surface area (Å²) < 4.78 is 5.17. The molecular formula is C15H18ClN3O2. The molecule has 0 aliphatic rings. The van der Waals surface area contributed by atoms with Crippen LogP contribution >= 0.6 is 11.6 Å². The Morgan fingerprint density at radius 2 is 2.19 bits per heavy atom. The van der Waals surface area contributed by atoms with Crippen molar-refractivity contribution in [3.05, 3.63) is 51.4 Å². The summed E-state index contributed by atoms with van der Waals surface area (Å²) in [6, 6.07) is 5.14. The third-order valence-corrected chi connectivity index (χ3v) is 3.81. The van der Waals surface area contributed by atoms with E-state index in [0.717, 1.165) is 22.6 Å². The van der Waals surface area contributed by atoms with Crippen LogP contribution in [0.3, 0.4) is 0 Å². The van der Waals surface area contributed by atoms with Crippen molar-refractivity contribution in [1.29, 1.82) is 0 Å². The molecule has 2 aromatic rings. The zero-order valence-corrected chi connectivity index (χ0v) is 13.0. The zero-order valence-electron chi connectivity index (χ0n) is 12.2. The molecule has 0 saturated heterocycles. The minimum Gasteiger partial charge on any atom is -0.366 e. The van der Waals surface area contributed by atoms with Crippen LogP contribution in [0.1, 0.15) is 45.9 Å². The second-order valence-electron chi connectivity index (χ2n) is 5.01. The van der Waals surface area contributed by atoms with E-state index < -0.39 is 5.91 Å². The summed E-state index contributed by atoms with van der Waals surface area (Å²) in [7, 11) is 0.